The summed E-state index contributed by atoms with van der Waals surface area (Å²) < 4.78 is 13.1. The van der Waals surface area contributed by atoms with E-state index in [9.17, 15) is 9.50 Å². The van der Waals surface area contributed by atoms with Crippen molar-refractivity contribution >= 4 is 15.9 Å². The first-order chi connectivity index (χ1) is 5.58. The molecule has 12 heavy (non-hydrogen) atoms. The molecule has 0 aliphatic rings. The van der Waals surface area contributed by atoms with Gasteiger partial charge in [0.1, 0.15) is 5.82 Å². The third kappa shape index (κ3) is 1.84. The van der Waals surface area contributed by atoms with Crippen molar-refractivity contribution in [2.24, 2.45) is 0 Å². The molecule has 66 valence electrons. The summed E-state index contributed by atoms with van der Waals surface area (Å²) >= 11 is 3.13. The number of benzene rings is 1. The van der Waals surface area contributed by atoms with Crippen LogP contribution in [0.1, 0.15) is 12.5 Å². The van der Waals surface area contributed by atoms with Gasteiger partial charge in [-0.1, -0.05) is 34.1 Å². The molecule has 0 aromatic heterocycles. The van der Waals surface area contributed by atoms with Gasteiger partial charge in [0.2, 0.25) is 0 Å². The van der Waals surface area contributed by atoms with Crippen LogP contribution in [0.4, 0.5) is 4.39 Å². The first-order valence-corrected chi connectivity index (χ1v) is 4.73. The molecule has 1 rings (SSSR count). The average Bonchev–Trinajstić information content (AvgIpc) is 2.05. The van der Waals surface area contributed by atoms with Gasteiger partial charge in [0.25, 0.3) is 0 Å². The molecule has 1 atom stereocenters. The molecule has 0 spiro atoms. The van der Waals surface area contributed by atoms with Crippen molar-refractivity contribution in [2.75, 3.05) is 5.33 Å². The third-order valence-corrected chi connectivity index (χ3v) is 2.81. The van der Waals surface area contributed by atoms with Crippen molar-refractivity contribution in [3.8, 4) is 0 Å². The van der Waals surface area contributed by atoms with Crippen LogP contribution >= 0.6 is 15.9 Å². The summed E-state index contributed by atoms with van der Waals surface area (Å²) in [5.74, 6) is -0.373. The maximum absolute atomic E-state index is 13.1. The summed E-state index contributed by atoms with van der Waals surface area (Å²) in [6.07, 6.45) is 0. The van der Waals surface area contributed by atoms with E-state index in [2.05, 4.69) is 15.9 Å². The van der Waals surface area contributed by atoms with Crippen molar-refractivity contribution in [2.45, 2.75) is 12.5 Å². The lowest BCUT2D eigenvalue weighted by Gasteiger charge is -2.21. The van der Waals surface area contributed by atoms with Gasteiger partial charge in [-0.3, -0.25) is 0 Å². The highest BCUT2D eigenvalue weighted by molar-refractivity contribution is 9.09. The quantitative estimate of drug-likeness (QED) is 0.777. The summed E-state index contributed by atoms with van der Waals surface area (Å²) in [7, 11) is 0. The molecule has 0 radical (unpaired) electrons. The molecule has 0 heterocycles. The SMILES string of the molecule is CC(O)(CBr)c1ccccc1F. The lowest BCUT2D eigenvalue weighted by atomic mass is 9.98. The first-order valence-electron chi connectivity index (χ1n) is 3.61. The molecule has 1 unspecified atom stereocenters. The van der Waals surface area contributed by atoms with Crippen LogP contribution < -0.4 is 0 Å². The number of alkyl halides is 1. The maximum Gasteiger partial charge on any atom is 0.129 e. The van der Waals surface area contributed by atoms with Gasteiger partial charge in [0.05, 0.1) is 5.60 Å². The molecule has 1 N–H and O–H groups in total. The molecule has 0 aliphatic carbocycles. The fourth-order valence-electron chi connectivity index (χ4n) is 0.970. The Labute approximate surface area is 79.4 Å². The molecule has 1 aromatic carbocycles. The van der Waals surface area contributed by atoms with Crippen molar-refractivity contribution in [1.29, 1.82) is 0 Å². The van der Waals surface area contributed by atoms with Gasteiger partial charge in [-0.15, -0.1) is 0 Å². The Morgan fingerprint density at radius 2 is 2.08 bits per heavy atom. The Bertz CT molecular complexity index is 273. The van der Waals surface area contributed by atoms with E-state index in [1.54, 1.807) is 25.1 Å². The summed E-state index contributed by atoms with van der Waals surface area (Å²) in [5, 5.41) is 10.0. The second-order valence-electron chi connectivity index (χ2n) is 2.89. The largest absolute Gasteiger partial charge is 0.384 e. The number of hydrogen-bond acceptors (Lipinski definition) is 1. The van der Waals surface area contributed by atoms with Gasteiger partial charge < -0.3 is 5.11 Å². The number of rotatable bonds is 2. The average molecular weight is 233 g/mol. The van der Waals surface area contributed by atoms with Gasteiger partial charge in [-0.2, -0.15) is 0 Å². The lowest BCUT2D eigenvalue weighted by molar-refractivity contribution is 0.0812. The molecule has 1 nitrogen and oxygen atoms in total. The minimum absolute atomic E-state index is 0.320. The molecule has 1 aromatic rings. The van der Waals surface area contributed by atoms with Gasteiger partial charge in [0.15, 0.2) is 0 Å². The number of aliphatic hydroxyl groups is 1. The van der Waals surface area contributed by atoms with Crippen LogP contribution in [0.2, 0.25) is 0 Å². The Morgan fingerprint density at radius 3 is 2.58 bits per heavy atom. The highest BCUT2D eigenvalue weighted by Crippen LogP contribution is 2.24. The zero-order chi connectivity index (χ0) is 9.19. The van der Waals surface area contributed by atoms with Crippen molar-refractivity contribution < 1.29 is 9.50 Å². The van der Waals surface area contributed by atoms with Gasteiger partial charge >= 0.3 is 0 Å². The molecular weight excluding hydrogens is 223 g/mol. The highest BCUT2D eigenvalue weighted by atomic mass is 79.9. The zero-order valence-electron chi connectivity index (χ0n) is 6.72. The lowest BCUT2D eigenvalue weighted by Crippen LogP contribution is -2.24. The van der Waals surface area contributed by atoms with E-state index in [4.69, 9.17) is 0 Å². The molecule has 3 heteroatoms. The monoisotopic (exact) mass is 232 g/mol. The molecule has 0 fully saturated rings. The Kier molecular flexibility index (Phi) is 2.85. The Balaban J connectivity index is 3.10. The second kappa shape index (κ2) is 3.54. The van der Waals surface area contributed by atoms with Crippen LogP contribution in [0.15, 0.2) is 24.3 Å². The van der Waals surface area contributed by atoms with Crippen LogP contribution in [0.25, 0.3) is 0 Å². The normalized spacial score (nSPS) is 15.7. The van der Waals surface area contributed by atoms with Crippen LogP contribution in [-0.2, 0) is 5.60 Å². The highest BCUT2D eigenvalue weighted by Gasteiger charge is 2.24. The van der Waals surface area contributed by atoms with Crippen LogP contribution in [-0.4, -0.2) is 10.4 Å². The number of hydrogen-bond donors (Lipinski definition) is 1. The first kappa shape index (κ1) is 9.68. The van der Waals surface area contributed by atoms with Gasteiger partial charge in [-0.25, -0.2) is 4.39 Å². The van der Waals surface area contributed by atoms with Crippen LogP contribution in [0.5, 0.6) is 0 Å². The van der Waals surface area contributed by atoms with E-state index in [0.717, 1.165) is 0 Å². The molecule has 0 saturated heterocycles. The van der Waals surface area contributed by atoms with E-state index in [1.165, 1.54) is 6.07 Å². The maximum atomic E-state index is 13.1. The summed E-state index contributed by atoms with van der Waals surface area (Å²) in [6, 6.07) is 6.22. The molecule has 0 aliphatic heterocycles. The molecule has 0 bridgehead atoms. The molecule has 0 saturated carbocycles. The predicted octanol–water partition coefficient (Wildman–Crippen LogP) is 2.43. The van der Waals surface area contributed by atoms with Gasteiger partial charge in [-0.05, 0) is 13.0 Å². The van der Waals surface area contributed by atoms with E-state index >= 15 is 0 Å². The smallest absolute Gasteiger partial charge is 0.129 e. The Morgan fingerprint density at radius 1 is 1.50 bits per heavy atom. The van der Waals surface area contributed by atoms with E-state index in [-0.39, 0.29) is 5.82 Å². The zero-order valence-corrected chi connectivity index (χ0v) is 8.31. The summed E-state index contributed by atoms with van der Waals surface area (Å²) in [6.45, 7) is 1.57. The minimum Gasteiger partial charge on any atom is -0.384 e. The van der Waals surface area contributed by atoms with E-state index < -0.39 is 5.60 Å². The van der Waals surface area contributed by atoms with Crippen LogP contribution in [0, 0.1) is 5.82 Å². The Hall–Kier alpha value is -0.410. The molecule has 0 amide bonds. The summed E-state index contributed by atoms with van der Waals surface area (Å²) in [4.78, 5) is 0. The number of halogens is 2. The van der Waals surface area contributed by atoms with Crippen LogP contribution in [0.3, 0.4) is 0 Å². The van der Waals surface area contributed by atoms with Crippen molar-refractivity contribution in [3.63, 3.8) is 0 Å². The van der Waals surface area contributed by atoms with E-state index in [0.29, 0.717) is 10.9 Å². The topological polar surface area (TPSA) is 20.2 Å². The third-order valence-electron chi connectivity index (χ3n) is 1.71. The van der Waals surface area contributed by atoms with Gasteiger partial charge in [0, 0.05) is 10.9 Å². The second-order valence-corrected chi connectivity index (χ2v) is 3.45. The summed E-state index contributed by atoms with van der Waals surface area (Å²) in [5.41, 5.74) is -0.812. The molecular formula is C9H10BrFO. The van der Waals surface area contributed by atoms with Crippen molar-refractivity contribution in [3.05, 3.63) is 35.6 Å². The fourth-order valence-corrected chi connectivity index (χ4v) is 1.27. The predicted molar refractivity (Wildman–Crippen MR) is 49.8 cm³/mol. The fraction of sp³-hybridized carbons (Fsp3) is 0.333. The minimum atomic E-state index is -1.13. The van der Waals surface area contributed by atoms with Crippen molar-refractivity contribution in [1.82, 2.24) is 0 Å². The standard InChI is InChI=1S/C9H10BrFO/c1-9(12,6-10)7-4-2-3-5-8(7)11/h2-5,12H,6H2,1H3. The van der Waals surface area contributed by atoms with E-state index in [1.807, 2.05) is 0 Å².